The number of ketones is 1. The van der Waals surface area contributed by atoms with E-state index in [0.717, 1.165) is 15.9 Å². The summed E-state index contributed by atoms with van der Waals surface area (Å²) in [5.41, 5.74) is 9.60. The molecule has 7 nitrogen and oxygen atoms in total. The number of nitrogens with two attached hydrogens (primary N) is 1. The zero-order valence-corrected chi connectivity index (χ0v) is 22.8. The maximum atomic E-state index is 13.8. The maximum absolute atomic E-state index is 13.8. The van der Waals surface area contributed by atoms with Crippen molar-refractivity contribution < 1.29 is 23.8 Å². The molecule has 2 aromatic carbocycles. The number of rotatable bonds is 6. The lowest BCUT2D eigenvalue weighted by Gasteiger charge is -2.44. The zero-order valence-electron chi connectivity index (χ0n) is 21.2. The normalized spacial score (nSPS) is 19.2. The second-order valence-corrected chi connectivity index (χ2v) is 10.6. The van der Waals surface area contributed by atoms with Crippen LogP contribution in [0.15, 0.2) is 69.6 Å². The first kappa shape index (κ1) is 25.8. The highest BCUT2D eigenvalue weighted by Crippen LogP contribution is 2.51. The third kappa shape index (κ3) is 4.62. The number of halogens is 1. The lowest BCUT2D eigenvalue weighted by molar-refractivity contribution is -0.138. The smallest absolute Gasteiger partial charge is 0.338 e. The largest absolute Gasteiger partial charge is 0.493 e. The summed E-state index contributed by atoms with van der Waals surface area (Å²) < 4.78 is 17.3. The van der Waals surface area contributed by atoms with Gasteiger partial charge in [0.05, 0.1) is 32.3 Å². The van der Waals surface area contributed by atoms with Crippen LogP contribution in [-0.2, 0) is 14.3 Å². The van der Waals surface area contributed by atoms with Crippen LogP contribution in [-0.4, -0.2) is 32.6 Å². The maximum Gasteiger partial charge on any atom is 0.338 e. The van der Waals surface area contributed by atoms with Crippen LogP contribution >= 0.6 is 15.9 Å². The van der Waals surface area contributed by atoms with Gasteiger partial charge >= 0.3 is 5.97 Å². The summed E-state index contributed by atoms with van der Waals surface area (Å²) in [6, 6.07) is 13.0. The molecule has 1 atom stereocenters. The molecule has 1 aliphatic carbocycles. The molecule has 0 unspecified atom stereocenters. The Morgan fingerprint density at radius 1 is 1.08 bits per heavy atom. The van der Waals surface area contributed by atoms with Crippen molar-refractivity contribution in [3.63, 3.8) is 0 Å². The van der Waals surface area contributed by atoms with Crippen molar-refractivity contribution in [1.82, 2.24) is 0 Å². The van der Waals surface area contributed by atoms with E-state index < -0.39 is 11.9 Å². The van der Waals surface area contributed by atoms with Crippen LogP contribution < -0.4 is 20.1 Å². The van der Waals surface area contributed by atoms with Crippen LogP contribution in [0.1, 0.15) is 45.1 Å². The van der Waals surface area contributed by atoms with E-state index in [0.29, 0.717) is 35.5 Å². The van der Waals surface area contributed by atoms with Crippen LogP contribution in [0, 0.1) is 5.41 Å². The number of carbonyl (C=O) groups excluding carboxylic acids is 2. The Morgan fingerprint density at radius 2 is 1.75 bits per heavy atom. The molecule has 8 heteroatoms. The molecule has 0 amide bonds. The summed E-state index contributed by atoms with van der Waals surface area (Å²) in [6.45, 7) is 6.06. The van der Waals surface area contributed by atoms with Crippen LogP contribution in [0.25, 0.3) is 0 Å². The summed E-state index contributed by atoms with van der Waals surface area (Å²) in [5.74, 6) is 0.0267. The Kier molecular flexibility index (Phi) is 7.18. The van der Waals surface area contributed by atoms with Crippen molar-refractivity contribution in [2.24, 2.45) is 11.1 Å². The average molecular weight is 555 g/mol. The zero-order chi connectivity index (χ0) is 26.2. The third-order valence-electron chi connectivity index (χ3n) is 6.58. The van der Waals surface area contributed by atoms with Crippen LogP contribution in [0.4, 0.5) is 5.69 Å². The molecule has 0 saturated heterocycles. The molecule has 2 N–H and O–H groups in total. The number of carbonyl (C=O) groups is 2. The fourth-order valence-corrected chi connectivity index (χ4v) is 5.33. The number of methoxy groups -OCH3 is 2. The number of esters is 1. The minimum absolute atomic E-state index is 0.0163. The molecule has 0 saturated carbocycles. The average Bonchev–Trinajstić information content (AvgIpc) is 2.83. The van der Waals surface area contributed by atoms with Gasteiger partial charge in [-0.1, -0.05) is 35.8 Å². The second-order valence-electron chi connectivity index (χ2n) is 9.68. The van der Waals surface area contributed by atoms with Gasteiger partial charge in [0.2, 0.25) is 0 Å². The highest BCUT2D eigenvalue weighted by atomic mass is 79.9. The lowest BCUT2D eigenvalue weighted by Crippen LogP contribution is -2.43. The van der Waals surface area contributed by atoms with Crippen LogP contribution in [0.5, 0.6) is 11.5 Å². The van der Waals surface area contributed by atoms with Crippen molar-refractivity contribution in [3.8, 4) is 11.5 Å². The molecular weight excluding hydrogens is 524 g/mol. The molecule has 2 aliphatic rings. The molecule has 190 valence electrons. The number of benzene rings is 2. The Bertz CT molecular complexity index is 1260. The Morgan fingerprint density at radius 3 is 2.36 bits per heavy atom. The van der Waals surface area contributed by atoms with Crippen molar-refractivity contribution in [1.29, 1.82) is 0 Å². The van der Waals surface area contributed by atoms with E-state index >= 15 is 0 Å². The molecule has 0 radical (unpaired) electrons. The molecule has 4 rings (SSSR count). The standard InChI is InChI=1S/C28H31BrN2O5/c1-6-36-27(33)25-23(16-7-12-21(34-4)22(13-16)35-5)24-19(14-28(2,3)15-20(24)32)31(26(25)30)18-10-8-17(29)9-11-18/h7-13,23H,6,14-15,30H2,1-5H3/t23-/m1/s1. The molecule has 0 aromatic heterocycles. The van der Waals surface area contributed by atoms with Gasteiger partial charge in [-0.05, 0) is 60.7 Å². The minimum Gasteiger partial charge on any atom is -0.493 e. The SMILES string of the molecule is CCOC(=O)C1=C(N)N(c2ccc(Br)cc2)C2=C(C(=O)CC(C)(C)C2)[C@H]1c1ccc(OC)c(OC)c1. The van der Waals surface area contributed by atoms with Gasteiger partial charge in [-0.25, -0.2) is 4.79 Å². The molecule has 1 heterocycles. The van der Waals surface area contributed by atoms with E-state index in [-0.39, 0.29) is 29.2 Å². The quantitative estimate of drug-likeness (QED) is 0.475. The summed E-state index contributed by atoms with van der Waals surface area (Å²) >= 11 is 3.48. The number of hydrogen-bond donors (Lipinski definition) is 1. The van der Waals surface area contributed by atoms with E-state index in [2.05, 4.69) is 29.8 Å². The first-order valence-corrected chi connectivity index (χ1v) is 12.6. The van der Waals surface area contributed by atoms with E-state index in [1.807, 2.05) is 35.2 Å². The minimum atomic E-state index is -0.700. The van der Waals surface area contributed by atoms with Gasteiger partial charge in [-0.2, -0.15) is 0 Å². The van der Waals surface area contributed by atoms with Gasteiger partial charge < -0.3 is 19.9 Å². The van der Waals surface area contributed by atoms with Crippen molar-refractivity contribution >= 4 is 33.4 Å². The summed E-state index contributed by atoms with van der Waals surface area (Å²) in [7, 11) is 3.11. The molecule has 0 fully saturated rings. The van der Waals surface area contributed by atoms with E-state index in [1.165, 1.54) is 0 Å². The third-order valence-corrected chi connectivity index (χ3v) is 7.11. The van der Waals surface area contributed by atoms with Gasteiger partial charge in [0.1, 0.15) is 5.82 Å². The first-order valence-electron chi connectivity index (χ1n) is 11.8. The van der Waals surface area contributed by atoms with Gasteiger partial charge in [-0.3, -0.25) is 9.69 Å². The second kappa shape index (κ2) is 10.0. The molecule has 0 spiro atoms. The Hall–Kier alpha value is -3.26. The number of hydrogen-bond acceptors (Lipinski definition) is 7. The van der Waals surface area contributed by atoms with E-state index in [1.54, 1.807) is 33.3 Å². The van der Waals surface area contributed by atoms with Gasteiger partial charge in [-0.15, -0.1) is 0 Å². The molecule has 2 aromatic rings. The molecule has 36 heavy (non-hydrogen) atoms. The topological polar surface area (TPSA) is 91.1 Å². The lowest BCUT2D eigenvalue weighted by atomic mass is 9.68. The van der Waals surface area contributed by atoms with E-state index in [4.69, 9.17) is 19.9 Å². The number of allylic oxidation sites excluding steroid dienone is 2. The highest BCUT2D eigenvalue weighted by molar-refractivity contribution is 9.10. The molecule has 1 aliphatic heterocycles. The van der Waals surface area contributed by atoms with Crippen molar-refractivity contribution in [2.75, 3.05) is 25.7 Å². The summed E-state index contributed by atoms with van der Waals surface area (Å²) in [4.78, 5) is 29.1. The van der Waals surface area contributed by atoms with Crippen LogP contribution in [0.3, 0.4) is 0 Å². The highest BCUT2D eigenvalue weighted by Gasteiger charge is 2.46. The van der Waals surface area contributed by atoms with Gasteiger partial charge in [0, 0.05) is 27.9 Å². The van der Waals surface area contributed by atoms with Crippen LogP contribution in [0.2, 0.25) is 0 Å². The fraction of sp³-hybridized carbons (Fsp3) is 0.357. The van der Waals surface area contributed by atoms with Gasteiger partial charge in [0.25, 0.3) is 0 Å². The number of ether oxygens (including phenoxy) is 3. The Labute approximate surface area is 220 Å². The fourth-order valence-electron chi connectivity index (χ4n) is 5.07. The monoisotopic (exact) mass is 554 g/mol. The first-order chi connectivity index (χ1) is 17.1. The predicted octanol–water partition coefficient (Wildman–Crippen LogP) is 5.45. The molecule has 0 bridgehead atoms. The number of anilines is 1. The number of Topliss-reactive ketones (excluding diaryl/α,β-unsaturated/α-hetero) is 1. The van der Waals surface area contributed by atoms with Crippen molar-refractivity contribution in [2.45, 2.75) is 39.5 Å². The van der Waals surface area contributed by atoms with E-state index in [9.17, 15) is 9.59 Å². The van der Waals surface area contributed by atoms with Crippen molar-refractivity contribution in [3.05, 3.63) is 75.2 Å². The summed E-state index contributed by atoms with van der Waals surface area (Å²) in [6.07, 6.45) is 0.977. The predicted molar refractivity (Wildman–Crippen MR) is 142 cm³/mol. The van der Waals surface area contributed by atoms with Gasteiger partial charge in [0.15, 0.2) is 17.3 Å². The Balaban J connectivity index is 2.03. The molecular formula is C28H31BrN2O5. The summed E-state index contributed by atoms with van der Waals surface area (Å²) in [5, 5.41) is 0. The number of nitrogens with zero attached hydrogens (tertiary/aromatic N) is 1.